The molecule has 0 aliphatic rings. The summed E-state index contributed by atoms with van der Waals surface area (Å²) in [5, 5.41) is 0. The molecule has 9 heteroatoms. The Morgan fingerprint density at radius 3 is 2.72 bits per heavy atom. The van der Waals surface area contributed by atoms with E-state index >= 15 is 0 Å². The summed E-state index contributed by atoms with van der Waals surface area (Å²) in [4.78, 5) is 16.5. The molecule has 0 unspecified atom stereocenters. The lowest BCUT2D eigenvalue weighted by Gasteiger charge is -2.05. The molecule has 0 spiro atoms. The number of aryl methyl sites for hydroxylation is 1. The highest BCUT2D eigenvalue weighted by Gasteiger charge is 2.20. The first kappa shape index (κ1) is 12.7. The van der Waals surface area contributed by atoms with E-state index in [1.165, 1.54) is 13.1 Å². The predicted molar refractivity (Wildman–Crippen MR) is 64.7 cm³/mol. The van der Waals surface area contributed by atoms with Crippen molar-refractivity contribution in [1.29, 1.82) is 0 Å². The highest BCUT2D eigenvalue weighted by atomic mass is 32.2. The molecule has 2 aromatic heterocycles. The van der Waals surface area contributed by atoms with Crippen LogP contribution >= 0.6 is 11.3 Å². The number of nitrogens with one attached hydrogen (secondary N) is 2. The van der Waals surface area contributed by atoms with Crippen LogP contribution in [0.15, 0.2) is 27.5 Å². The predicted octanol–water partition coefficient (Wildman–Crippen LogP) is 1.08. The van der Waals surface area contributed by atoms with Gasteiger partial charge >= 0.3 is 4.87 Å². The summed E-state index contributed by atoms with van der Waals surface area (Å²) in [6, 6.07) is 0.995. The van der Waals surface area contributed by atoms with Gasteiger partial charge in [0.25, 0.3) is 10.0 Å². The van der Waals surface area contributed by atoms with Gasteiger partial charge in [-0.15, -0.1) is 0 Å². The number of hydrogen-bond acceptors (Lipinski definition) is 5. The maximum Gasteiger partial charge on any atom is 0.306 e. The second kappa shape index (κ2) is 4.50. The smallest absolute Gasteiger partial charge is 0.306 e. The van der Waals surface area contributed by atoms with Crippen molar-refractivity contribution in [2.75, 3.05) is 4.72 Å². The zero-order chi connectivity index (χ0) is 13.3. The molecule has 96 valence electrons. The molecule has 0 amide bonds. The topological polar surface area (TPSA) is 91.9 Å². The van der Waals surface area contributed by atoms with E-state index in [9.17, 15) is 17.6 Å². The van der Waals surface area contributed by atoms with Crippen molar-refractivity contribution < 1.29 is 12.8 Å². The molecular formula is C9H8FN3O3S2. The third kappa shape index (κ3) is 2.57. The molecule has 2 aromatic rings. The van der Waals surface area contributed by atoms with Crippen LogP contribution in [0.3, 0.4) is 0 Å². The molecular weight excluding hydrogens is 281 g/mol. The van der Waals surface area contributed by atoms with Crippen LogP contribution in [0.1, 0.15) is 5.69 Å². The summed E-state index contributed by atoms with van der Waals surface area (Å²) in [5.41, 5.74) is 0.233. The lowest BCUT2D eigenvalue weighted by Crippen LogP contribution is -2.13. The second-order valence-electron chi connectivity index (χ2n) is 3.42. The summed E-state index contributed by atoms with van der Waals surface area (Å²) in [7, 11) is -3.91. The normalized spacial score (nSPS) is 11.4. The molecule has 0 bridgehead atoms. The van der Waals surface area contributed by atoms with Gasteiger partial charge in [-0.2, -0.15) is 0 Å². The molecule has 0 aromatic carbocycles. The van der Waals surface area contributed by atoms with Crippen molar-refractivity contribution in [3.05, 3.63) is 39.6 Å². The van der Waals surface area contributed by atoms with Crippen LogP contribution in [0.4, 0.5) is 10.1 Å². The first-order valence-electron chi connectivity index (χ1n) is 4.71. The minimum atomic E-state index is -3.91. The molecule has 0 atom stereocenters. The summed E-state index contributed by atoms with van der Waals surface area (Å²) in [6.07, 6.45) is 2.13. The zero-order valence-corrected chi connectivity index (χ0v) is 10.7. The van der Waals surface area contributed by atoms with Crippen LogP contribution in [0.25, 0.3) is 0 Å². The molecule has 0 aliphatic heterocycles. The van der Waals surface area contributed by atoms with Crippen LogP contribution in [-0.4, -0.2) is 18.4 Å². The number of pyridine rings is 1. The molecule has 0 fully saturated rings. The van der Waals surface area contributed by atoms with Gasteiger partial charge in [0.15, 0.2) is 4.21 Å². The number of sulfonamides is 1. The van der Waals surface area contributed by atoms with Gasteiger partial charge in [0.2, 0.25) is 0 Å². The van der Waals surface area contributed by atoms with Gasteiger partial charge in [-0.1, -0.05) is 11.3 Å². The molecule has 2 heterocycles. The molecule has 0 saturated carbocycles. The average molecular weight is 289 g/mol. The molecule has 2 rings (SSSR count). The van der Waals surface area contributed by atoms with E-state index in [0.29, 0.717) is 11.3 Å². The zero-order valence-electron chi connectivity index (χ0n) is 9.10. The Bertz CT molecular complexity index is 736. The third-order valence-electron chi connectivity index (χ3n) is 1.98. The van der Waals surface area contributed by atoms with Crippen molar-refractivity contribution in [2.45, 2.75) is 11.1 Å². The fraction of sp³-hybridized carbons (Fsp3) is 0.111. The second-order valence-corrected chi connectivity index (χ2v) is 6.29. The van der Waals surface area contributed by atoms with E-state index in [1.807, 2.05) is 0 Å². The minimum absolute atomic E-state index is 0.00440. The SMILES string of the molecule is Cc1[nH]c(=O)sc1S(=O)(=O)Nc1cncc(F)c1. The maximum atomic E-state index is 12.9. The highest BCUT2D eigenvalue weighted by molar-refractivity contribution is 7.94. The summed E-state index contributed by atoms with van der Waals surface area (Å²) in [6.45, 7) is 1.47. The van der Waals surface area contributed by atoms with Gasteiger partial charge < -0.3 is 4.98 Å². The van der Waals surface area contributed by atoms with Crippen molar-refractivity contribution in [3.63, 3.8) is 0 Å². The molecule has 0 radical (unpaired) electrons. The van der Waals surface area contributed by atoms with Crippen LogP contribution in [0, 0.1) is 12.7 Å². The first-order chi connectivity index (χ1) is 8.38. The molecule has 0 aliphatic carbocycles. The Balaban J connectivity index is 2.39. The van der Waals surface area contributed by atoms with Crippen LogP contribution in [-0.2, 0) is 10.0 Å². The summed E-state index contributed by atoms with van der Waals surface area (Å²) < 4.78 is 38.8. The fourth-order valence-electron chi connectivity index (χ4n) is 1.32. The number of aromatic nitrogens is 2. The monoisotopic (exact) mass is 289 g/mol. The standard InChI is InChI=1S/C9H8FN3O3S2/c1-5-8(17-9(14)12-5)18(15,16)13-7-2-6(10)3-11-4-7/h2-4,13H,1H3,(H,12,14). The van der Waals surface area contributed by atoms with Crippen LogP contribution in [0.5, 0.6) is 0 Å². The van der Waals surface area contributed by atoms with E-state index in [2.05, 4.69) is 14.7 Å². The Morgan fingerprint density at radius 2 is 2.17 bits per heavy atom. The number of aromatic amines is 1. The highest BCUT2D eigenvalue weighted by Crippen LogP contribution is 2.20. The van der Waals surface area contributed by atoms with Crippen molar-refractivity contribution >= 4 is 27.0 Å². The number of anilines is 1. The van der Waals surface area contributed by atoms with E-state index in [1.54, 1.807) is 0 Å². The lowest BCUT2D eigenvalue weighted by atomic mass is 10.4. The Hall–Kier alpha value is -1.74. The fourth-order valence-corrected chi connectivity index (χ4v) is 3.65. The maximum absolute atomic E-state index is 12.9. The molecule has 2 N–H and O–H groups in total. The van der Waals surface area contributed by atoms with Gasteiger partial charge in [-0.05, 0) is 6.92 Å². The van der Waals surface area contributed by atoms with E-state index < -0.39 is 20.7 Å². The summed E-state index contributed by atoms with van der Waals surface area (Å²) >= 11 is 0.569. The minimum Gasteiger partial charge on any atom is -0.315 e. The van der Waals surface area contributed by atoms with E-state index in [-0.39, 0.29) is 15.6 Å². The molecule has 6 nitrogen and oxygen atoms in total. The summed E-state index contributed by atoms with van der Waals surface area (Å²) in [5.74, 6) is -0.658. The van der Waals surface area contributed by atoms with Crippen LogP contribution in [0.2, 0.25) is 0 Å². The van der Waals surface area contributed by atoms with Gasteiger partial charge in [0.1, 0.15) is 5.82 Å². The number of nitrogens with zero attached hydrogens (tertiary/aromatic N) is 1. The number of thiazole rings is 1. The largest absolute Gasteiger partial charge is 0.315 e. The Morgan fingerprint density at radius 1 is 1.44 bits per heavy atom. The third-order valence-corrected chi connectivity index (χ3v) is 4.97. The number of hydrogen-bond donors (Lipinski definition) is 2. The lowest BCUT2D eigenvalue weighted by molar-refractivity contribution is 0.602. The molecule has 0 saturated heterocycles. The van der Waals surface area contributed by atoms with Crippen molar-refractivity contribution in [2.24, 2.45) is 0 Å². The molecule has 18 heavy (non-hydrogen) atoms. The Kier molecular flexibility index (Phi) is 3.18. The van der Waals surface area contributed by atoms with Gasteiger partial charge in [0.05, 0.1) is 18.1 Å². The quantitative estimate of drug-likeness (QED) is 0.884. The van der Waals surface area contributed by atoms with Crippen LogP contribution < -0.4 is 9.60 Å². The van der Waals surface area contributed by atoms with Crippen molar-refractivity contribution in [3.8, 4) is 0 Å². The number of halogens is 1. The number of H-pyrrole nitrogens is 1. The van der Waals surface area contributed by atoms with Crippen molar-refractivity contribution in [1.82, 2.24) is 9.97 Å². The van der Waals surface area contributed by atoms with Gasteiger partial charge in [-0.3, -0.25) is 14.5 Å². The average Bonchev–Trinajstić information content (AvgIpc) is 2.58. The number of rotatable bonds is 3. The van der Waals surface area contributed by atoms with E-state index in [4.69, 9.17) is 0 Å². The van der Waals surface area contributed by atoms with Gasteiger partial charge in [0, 0.05) is 11.8 Å². The Labute approximate surface area is 106 Å². The first-order valence-corrected chi connectivity index (χ1v) is 7.01. The van der Waals surface area contributed by atoms with E-state index in [0.717, 1.165) is 12.3 Å². The van der Waals surface area contributed by atoms with Gasteiger partial charge in [-0.25, -0.2) is 12.8 Å².